The third kappa shape index (κ3) is 21.4. The van der Waals surface area contributed by atoms with Crippen LogP contribution < -0.4 is 0 Å². The molecule has 8 fully saturated rings. The molecular formula is C98H110F14N8O12. The number of hydrogen-bond acceptors (Lipinski definition) is 16. The smallest absolute Gasteiger partial charge is 0.385 e. The molecule has 0 unspecified atom stereocenters. The predicted molar refractivity (Wildman–Crippen MR) is 456 cm³/mol. The summed E-state index contributed by atoms with van der Waals surface area (Å²) in [6.07, 6.45) is 7.83. The number of rotatable bonds is 22. The lowest BCUT2D eigenvalue weighted by Gasteiger charge is -2.43. The van der Waals surface area contributed by atoms with Crippen LogP contribution in [0, 0.1) is 11.6 Å². The van der Waals surface area contributed by atoms with Gasteiger partial charge in [-0.2, -0.15) is 52.7 Å². The summed E-state index contributed by atoms with van der Waals surface area (Å²) >= 11 is 0. The zero-order valence-electron chi connectivity index (χ0n) is 73.9. The van der Waals surface area contributed by atoms with Gasteiger partial charge in [0.25, 0.3) is 23.6 Å². The average Bonchev–Trinajstić information content (AvgIpc) is 1.58. The normalized spacial score (nSPS) is 25.3. The number of alkyl halides is 12. The summed E-state index contributed by atoms with van der Waals surface area (Å²) < 4.78 is 198. The molecule has 34 heteroatoms. The fourth-order valence-electron chi connectivity index (χ4n) is 18.8. The van der Waals surface area contributed by atoms with E-state index in [0.717, 1.165) is 144 Å². The van der Waals surface area contributed by atoms with Gasteiger partial charge in [-0.15, -0.1) is 0 Å². The number of hydrogen-bond donors (Lipinski definition) is 6. The fraction of sp³-hybridized carbons (Fsp3) is 0.510. The summed E-state index contributed by atoms with van der Waals surface area (Å²) in [4.78, 5) is 76.8. The van der Waals surface area contributed by atoms with Gasteiger partial charge in [0.05, 0.1) is 23.0 Å². The van der Waals surface area contributed by atoms with E-state index in [-0.39, 0.29) is 142 Å². The molecule has 0 saturated heterocycles. The van der Waals surface area contributed by atoms with Gasteiger partial charge in [-0.3, -0.25) is 39.1 Å². The Morgan fingerprint density at radius 1 is 0.326 bits per heavy atom. The summed E-state index contributed by atoms with van der Waals surface area (Å²) in [6.45, 7) is 2.78. The third-order valence-corrected chi connectivity index (χ3v) is 28.0. The van der Waals surface area contributed by atoms with Crippen LogP contribution >= 0.6 is 0 Å². The quantitative estimate of drug-likeness (QED) is 0.0344. The molecule has 8 saturated carbocycles. The van der Waals surface area contributed by atoms with E-state index in [1.807, 2.05) is 46.5 Å². The van der Waals surface area contributed by atoms with E-state index >= 15 is 0 Å². The maximum atomic E-state index is 14.2. The Bertz CT molecular complexity index is 4930. The average molecular weight is 1860 g/mol. The van der Waals surface area contributed by atoms with Gasteiger partial charge in [0.15, 0.2) is 22.4 Å². The summed E-state index contributed by atoms with van der Waals surface area (Å²) in [5.74, 6) is -2.07. The van der Waals surface area contributed by atoms with Crippen molar-refractivity contribution in [3.63, 3.8) is 0 Å². The maximum absolute atomic E-state index is 14.2. The number of aromatic nitrogens is 4. The highest BCUT2D eigenvalue weighted by atomic mass is 19.4. The Morgan fingerprint density at radius 3 is 0.811 bits per heavy atom. The number of aliphatic hydroxyl groups is 6. The third-order valence-electron chi connectivity index (χ3n) is 28.0. The zero-order valence-corrected chi connectivity index (χ0v) is 73.9. The van der Waals surface area contributed by atoms with Crippen LogP contribution in [0.2, 0.25) is 0 Å². The second-order valence-corrected chi connectivity index (χ2v) is 36.9. The van der Waals surface area contributed by atoms with Crippen molar-refractivity contribution in [2.24, 2.45) is 0 Å². The number of methoxy groups -OCH3 is 2. The molecule has 8 aromatic rings. The van der Waals surface area contributed by atoms with Gasteiger partial charge < -0.3 is 59.7 Å². The molecule has 132 heavy (non-hydrogen) atoms. The first-order valence-corrected chi connectivity index (χ1v) is 44.5. The van der Waals surface area contributed by atoms with E-state index in [2.05, 4.69) is 19.9 Å². The van der Waals surface area contributed by atoms with E-state index in [1.54, 1.807) is 36.4 Å². The van der Waals surface area contributed by atoms with Gasteiger partial charge >= 0.3 is 24.7 Å². The fourth-order valence-corrected chi connectivity index (χ4v) is 18.8. The van der Waals surface area contributed by atoms with Crippen molar-refractivity contribution in [3.05, 3.63) is 261 Å². The largest absolute Gasteiger partial charge is 0.421 e. The van der Waals surface area contributed by atoms with Crippen LogP contribution in [0.4, 0.5) is 61.5 Å². The number of amides is 4. The number of carbonyl (C=O) groups excluding carboxylic acids is 4. The molecule has 4 aromatic heterocycles. The van der Waals surface area contributed by atoms with Gasteiger partial charge in [-0.05, 0) is 283 Å². The second-order valence-electron chi connectivity index (χ2n) is 36.9. The molecule has 8 aliphatic carbocycles. The highest BCUT2D eigenvalue weighted by Crippen LogP contribution is 2.51. The number of nitrogens with zero attached hydrogens (tertiary/aromatic N) is 8. The second kappa shape index (κ2) is 38.8. The van der Waals surface area contributed by atoms with Gasteiger partial charge in [-0.25, -0.2) is 8.78 Å². The number of ether oxygens (including phenoxy) is 2. The molecule has 20 nitrogen and oxygen atoms in total. The molecule has 6 N–H and O–H groups in total. The molecule has 4 atom stereocenters. The van der Waals surface area contributed by atoms with Crippen molar-refractivity contribution >= 4 is 23.6 Å². The van der Waals surface area contributed by atoms with Crippen molar-refractivity contribution in [2.45, 2.75) is 300 Å². The van der Waals surface area contributed by atoms with Crippen molar-refractivity contribution in [1.29, 1.82) is 0 Å². The first-order valence-electron chi connectivity index (χ1n) is 44.5. The summed E-state index contributed by atoms with van der Waals surface area (Å²) in [5.41, 5.74) is -13.4. The van der Waals surface area contributed by atoms with Crippen LogP contribution in [-0.4, -0.2) is 181 Å². The standard InChI is InChI=1S/2C25H29F3N2O3.2C24H26F4N2O3/c2*1-23(32,25(26,27)28)18-7-5-17(6-8-18)22(31)30(20-9-10-20)21-11-13-24(33-2,14-12-21)19-4-3-15-29-16-19;1-22(32,24(26,27)28)16-4-2-15(3-5-16)21(31)30(17-6-7-17)18-8-11-23(33,12-9-18)19-10-13-29-14-20(19)25;1-22(32,24(26,27)28)16-6-4-15(5-7-16)21(31)30(17-8-9-17)18-10-12-23(33,13-11-18)20-19(25)3-2-14-29-20/h2*3-8,15-16,20-21,32H,9-14H2,1-2H3;2-5,10,13-14,17-18,32-33H,6-9,11-12H2,1H3;2-7,14,17-18,32-33H,8-13H2,1H3/t2*21?,23-,24?;2*18?,22-,23?/m0000/s1. The molecular weight excluding hydrogens is 1750 g/mol. The first-order chi connectivity index (χ1) is 62.1. The lowest BCUT2D eigenvalue weighted by atomic mass is 9.77. The Labute approximate surface area is 755 Å². The number of carbonyl (C=O) groups is 4. The predicted octanol–water partition coefficient (Wildman–Crippen LogP) is 18.7. The molecule has 16 rings (SSSR count). The molecule has 712 valence electrons. The number of benzene rings is 4. The highest BCUT2D eigenvalue weighted by Gasteiger charge is 2.57. The number of pyridine rings is 4. The maximum Gasteiger partial charge on any atom is 0.421 e. The molecule has 4 heterocycles. The van der Waals surface area contributed by atoms with Crippen LogP contribution in [0.1, 0.15) is 268 Å². The summed E-state index contributed by atoms with van der Waals surface area (Å²) in [6, 6.07) is 32.1. The molecule has 4 amide bonds. The molecule has 0 aliphatic heterocycles. The van der Waals surface area contributed by atoms with Gasteiger partial charge in [0.1, 0.15) is 22.9 Å². The van der Waals surface area contributed by atoms with Crippen molar-refractivity contribution in [2.75, 3.05) is 14.2 Å². The Kier molecular flexibility index (Phi) is 29.3. The lowest BCUT2D eigenvalue weighted by Crippen LogP contribution is -2.47. The van der Waals surface area contributed by atoms with Crippen LogP contribution in [-0.2, 0) is 54.3 Å². The van der Waals surface area contributed by atoms with E-state index in [1.165, 1.54) is 103 Å². The van der Waals surface area contributed by atoms with Gasteiger partial charge in [0, 0.05) is 139 Å². The Balaban J connectivity index is 0.000000150. The zero-order chi connectivity index (χ0) is 95.7. The van der Waals surface area contributed by atoms with Crippen molar-refractivity contribution in [1.82, 2.24) is 39.5 Å². The monoisotopic (exact) mass is 1860 g/mol. The highest BCUT2D eigenvalue weighted by molar-refractivity contribution is 5.97. The van der Waals surface area contributed by atoms with Gasteiger partial charge in [0.2, 0.25) is 0 Å². The summed E-state index contributed by atoms with van der Waals surface area (Å²) in [7, 11) is 3.41. The SMILES string of the molecule is COC1(c2cccnc2)CCC(N(C(=O)c2ccc([C@](C)(O)C(F)(F)F)cc2)C2CC2)CC1.COC1(c2cccnc2)CCC(N(C(=O)c2ccc([C@](C)(O)C(F)(F)F)cc2)C2CC2)CC1.C[C@](O)(c1ccc(C(=O)N(C2CC2)C2CCC(O)(c3ccncc3F)CC2)cc1)C(F)(F)F.C[C@](O)(c1ccc(C(=O)N(C2CC2)C2CCC(O)(c3ncccc3F)CC2)cc1)C(F)(F)F. The van der Waals surface area contributed by atoms with Crippen LogP contribution in [0.3, 0.4) is 0 Å². The number of halogens is 14. The minimum Gasteiger partial charge on any atom is -0.385 e. The Morgan fingerprint density at radius 2 is 0.576 bits per heavy atom. The Hall–Kier alpha value is -9.94. The van der Waals surface area contributed by atoms with E-state index < -0.39 is 81.1 Å². The van der Waals surface area contributed by atoms with Crippen LogP contribution in [0.15, 0.2) is 183 Å². The van der Waals surface area contributed by atoms with E-state index in [4.69, 9.17) is 9.47 Å². The van der Waals surface area contributed by atoms with Crippen molar-refractivity contribution in [3.8, 4) is 0 Å². The van der Waals surface area contributed by atoms with Gasteiger partial charge in [-0.1, -0.05) is 60.7 Å². The molecule has 8 aliphatic rings. The molecule has 4 aromatic carbocycles. The lowest BCUT2D eigenvalue weighted by molar-refractivity contribution is -0.259. The topological polar surface area (TPSA) is 273 Å². The van der Waals surface area contributed by atoms with E-state index in [0.29, 0.717) is 64.5 Å². The molecule has 0 bridgehead atoms. The molecule has 0 radical (unpaired) electrons. The minimum absolute atomic E-state index is 0.0139. The minimum atomic E-state index is -4.84. The van der Waals surface area contributed by atoms with Crippen molar-refractivity contribution < 1.29 is 121 Å². The first kappa shape index (κ1) is 99.5. The van der Waals surface area contributed by atoms with Crippen LogP contribution in [0.5, 0.6) is 0 Å². The van der Waals surface area contributed by atoms with E-state index in [9.17, 15) is 111 Å². The molecule has 0 spiro atoms. The summed E-state index contributed by atoms with van der Waals surface area (Å²) in [5, 5.41) is 61.5. The van der Waals surface area contributed by atoms with Crippen LogP contribution in [0.25, 0.3) is 0 Å².